The van der Waals surface area contributed by atoms with Gasteiger partial charge < -0.3 is 14.0 Å². The van der Waals surface area contributed by atoms with Gasteiger partial charge in [0.2, 0.25) is 0 Å². The molecule has 1 aliphatic rings. The van der Waals surface area contributed by atoms with Gasteiger partial charge in [-0.2, -0.15) is 0 Å². The second-order valence-corrected chi connectivity index (χ2v) is 12.1. The van der Waals surface area contributed by atoms with E-state index < -0.39 is 12.0 Å². The molecular weight excluding hydrogens is 582 g/mol. The van der Waals surface area contributed by atoms with E-state index in [0.29, 0.717) is 43.4 Å². The zero-order valence-corrected chi connectivity index (χ0v) is 27.2. The van der Waals surface area contributed by atoms with Gasteiger partial charge in [0, 0.05) is 22.0 Å². The van der Waals surface area contributed by atoms with E-state index in [1.807, 2.05) is 13.0 Å². The van der Waals surface area contributed by atoms with Crippen molar-refractivity contribution in [2.24, 2.45) is 4.99 Å². The molecule has 2 aromatic carbocycles. The fourth-order valence-corrected chi connectivity index (χ4v) is 7.10. The molecule has 1 atom stereocenters. The van der Waals surface area contributed by atoms with Gasteiger partial charge in [-0.25, -0.2) is 9.79 Å². The summed E-state index contributed by atoms with van der Waals surface area (Å²) in [5, 5.41) is 0.467. The third-order valence-electron chi connectivity index (χ3n) is 7.80. The first-order valence-corrected chi connectivity index (χ1v) is 15.6. The molecule has 0 saturated carbocycles. The molecule has 0 fully saturated rings. The highest BCUT2D eigenvalue weighted by Crippen LogP contribution is 2.38. The fraction of sp³-hybridized carbons (Fsp3) is 0.324. The van der Waals surface area contributed by atoms with Crippen molar-refractivity contribution in [1.29, 1.82) is 0 Å². The Labute approximate surface area is 260 Å². The Morgan fingerprint density at radius 2 is 1.81 bits per heavy atom. The zero-order chi connectivity index (χ0) is 31.0. The van der Waals surface area contributed by atoms with Crippen molar-refractivity contribution >= 4 is 35.0 Å². The lowest BCUT2D eigenvalue weighted by atomic mass is 9.93. The van der Waals surface area contributed by atoms with Crippen LogP contribution in [-0.4, -0.2) is 28.8 Å². The van der Waals surface area contributed by atoms with Gasteiger partial charge >= 0.3 is 5.97 Å². The van der Waals surface area contributed by atoms with Gasteiger partial charge in [0.15, 0.2) is 4.80 Å². The molecule has 9 heteroatoms. The van der Waals surface area contributed by atoms with Crippen LogP contribution >= 0.6 is 22.9 Å². The molecule has 7 nitrogen and oxygen atoms in total. The van der Waals surface area contributed by atoms with E-state index in [1.54, 1.807) is 36.8 Å². The minimum Gasteiger partial charge on any atom is -0.496 e. The molecule has 0 radical (unpaired) electrons. The number of hydrogen-bond acceptors (Lipinski definition) is 6. The molecule has 0 bridgehead atoms. The first-order chi connectivity index (χ1) is 20.6. The van der Waals surface area contributed by atoms with Crippen LogP contribution in [0.25, 0.3) is 11.8 Å². The molecule has 1 aliphatic heterocycles. The van der Waals surface area contributed by atoms with Crippen LogP contribution in [0.3, 0.4) is 0 Å². The quantitative estimate of drug-likeness (QED) is 0.219. The molecule has 5 rings (SSSR count). The molecule has 0 aliphatic carbocycles. The Hall–Kier alpha value is -3.88. The SMILES string of the molecule is CCCC1=C(C(=O)OCC)[C@@H](c2cc(Cl)ccc2OC)n2c(s/c(=C/c3cc(C)n(-c4c(C)cccc4C)c3C)c2=O)=N1. The van der Waals surface area contributed by atoms with Crippen molar-refractivity contribution in [2.45, 2.75) is 60.4 Å². The number of aromatic nitrogens is 2. The lowest BCUT2D eigenvalue weighted by Crippen LogP contribution is -2.40. The summed E-state index contributed by atoms with van der Waals surface area (Å²) in [6.07, 6.45) is 3.24. The van der Waals surface area contributed by atoms with E-state index in [9.17, 15) is 9.59 Å². The van der Waals surface area contributed by atoms with Crippen LogP contribution in [0.15, 0.2) is 63.5 Å². The van der Waals surface area contributed by atoms with Crippen LogP contribution in [-0.2, 0) is 9.53 Å². The minimum absolute atomic E-state index is 0.196. The van der Waals surface area contributed by atoms with Crippen molar-refractivity contribution in [3.63, 3.8) is 0 Å². The smallest absolute Gasteiger partial charge is 0.338 e. The van der Waals surface area contributed by atoms with Crippen LogP contribution in [0.1, 0.15) is 66.4 Å². The number of benzene rings is 2. The number of rotatable bonds is 8. The molecule has 0 saturated heterocycles. The van der Waals surface area contributed by atoms with Crippen molar-refractivity contribution in [1.82, 2.24) is 9.13 Å². The Morgan fingerprint density at radius 3 is 2.47 bits per heavy atom. The highest BCUT2D eigenvalue weighted by atomic mass is 35.5. The van der Waals surface area contributed by atoms with Gasteiger partial charge in [0.25, 0.3) is 5.56 Å². The molecular formula is C34H36ClN3O4S. The monoisotopic (exact) mass is 617 g/mol. The number of ether oxygens (including phenoxy) is 2. The third kappa shape index (κ3) is 5.50. The average molecular weight is 618 g/mol. The number of allylic oxidation sites excluding steroid dienone is 1. The number of nitrogens with zero attached hydrogens (tertiary/aromatic N) is 3. The van der Waals surface area contributed by atoms with Crippen LogP contribution in [0, 0.1) is 27.7 Å². The summed E-state index contributed by atoms with van der Waals surface area (Å²) in [5.74, 6) is 0.00817. The number of esters is 1. The van der Waals surface area contributed by atoms with Gasteiger partial charge in [0.05, 0.1) is 35.2 Å². The second kappa shape index (κ2) is 12.4. The fourth-order valence-electron chi connectivity index (χ4n) is 5.91. The van der Waals surface area contributed by atoms with E-state index in [1.165, 1.54) is 22.5 Å². The van der Waals surface area contributed by atoms with Crippen molar-refractivity contribution in [2.75, 3.05) is 13.7 Å². The number of carbonyl (C=O) groups is 1. The van der Waals surface area contributed by atoms with Crippen LogP contribution in [0.2, 0.25) is 5.02 Å². The summed E-state index contributed by atoms with van der Waals surface area (Å²) in [6, 6.07) is 12.8. The number of carbonyl (C=O) groups excluding carboxylic acids is 1. The zero-order valence-electron chi connectivity index (χ0n) is 25.6. The topological polar surface area (TPSA) is 74.8 Å². The molecule has 0 unspecified atom stereocenters. The average Bonchev–Trinajstić information content (AvgIpc) is 3.42. The number of para-hydroxylation sites is 1. The van der Waals surface area contributed by atoms with Crippen molar-refractivity contribution in [3.05, 3.63) is 112 Å². The van der Waals surface area contributed by atoms with Gasteiger partial charge in [-0.15, -0.1) is 0 Å². The van der Waals surface area contributed by atoms with E-state index in [2.05, 4.69) is 56.5 Å². The molecule has 2 aromatic heterocycles. The van der Waals surface area contributed by atoms with E-state index in [0.717, 1.165) is 29.1 Å². The number of thiazole rings is 1. The molecule has 4 aromatic rings. The number of halogens is 1. The van der Waals surface area contributed by atoms with Gasteiger partial charge in [-0.1, -0.05) is 54.5 Å². The highest BCUT2D eigenvalue weighted by molar-refractivity contribution is 7.07. The highest BCUT2D eigenvalue weighted by Gasteiger charge is 2.36. The number of fused-ring (bicyclic) bond motifs is 1. The summed E-state index contributed by atoms with van der Waals surface area (Å²) < 4.78 is 15.6. The molecule has 0 amide bonds. The molecule has 0 N–H and O–H groups in total. The van der Waals surface area contributed by atoms with Crippen LogP contribution in [0.4, 0.5) is 0 Å². The summed E-state index contributed by atoms with van der Waals surface area (Å²) >= 11 is 7.78. The van der Waals surface area contributed by atoms with Gasteiger partial charge in [-0.05, 0) is 88.1 Å². The summed E-state index contributed by atoms with van der Waals surface area (Å²) in [7, 11) is 1.56. The first-order valence-electron chi connectivity index (χ1n) is 14.4. The Balaban J connectivity index is 1.78. The lowest BCUT2D eigenvalue weighted by molar-refractivity contribution is -0.139. The molecule has 3 heterocycles. The Bertz CT molecular complexity index is 1930. The van der Waals surface area contributed by atoms with E-state index in [-0.39, 0.29) is 12.2 Å². The Kier molecular flexibility index (Phi) is 8.81. The van der Waals surface area contributed by atoms with E-state index in [4.69, 9.17) is 26.1 Å². The maximum Gasteiger partial charge on any atom is 0.338 e. The Morgan fingerprint density at radius 1 is 1.09 bits per heavy atom. The second-order valence-electron chi connectivity index (χ2n) is 10.7. The number of methoxy groups -OCH3 is 1. The standard InChI is InChI=1S/C34H36ClN3O4S/c1-8-11-26-29(33(40)42-9-2)31(25-18-24(35)14-15-27(25)41-7)38-32(39)28(43-34(38)36-26)17-23-16-21(5)37(22(23)6)30-19(3)12-10-13-20(30)4/h10,12-18,31H,8-9,11H2,1-7H3/b28-17+/t31-/m1/s1. The van der Waals surface area contributed by atoms with Crippen molar-refractivity contribution < 1.29 is 14.3 Å². The normalized spacial score (nSPS) is 15.0. The van der Waals surface area contributed by atoms with E-state index >= 15 is 0 Å². The summed E-state index contributed by atoms with van der Waals surface area (Å²) in [4.78, 5) is 33.2. The van der Waals surface area contributed by atoms with Crippen molar-refractivity contribution in [3.8, 4) is 11.4 Å². The summed E-state index contributed by atoms with van der Waals surface area (Å²) in [6.45, 7) is 12.3. The molecule has 0 spiro atoms. The van der Waals surface area contributed by atoms with Crippen LogP contribution < -0.4 is 19.6 Å². The third-order valence-corrected chi connectivity index (χ3v) is 9.02. The number of aryl methyl sites for hydroxylation is 3. The van der Waals surface area contributed by atoms with Crippen LogP contribution in [0.5, 0.6) is 5.75 Å². The minimum atomic E-state index is -0.810. The molecule has 43 heavy (non-hydrogen) atoms. The first kappa shape index (κ1) is 30.6. The largest absolute Gasteiger partial charge is 0.496 e. The predicted octanol–water partition coefficient (Wildman–Crippen LogP) is 6.26. The lowest BCUT2D eigenvalue weighted by Gasteiger charge is -2.27. The number of hydrogen-bond donors (Lipinski definition) is 0. The van der Waals surface area contributed by atoms with Gasteiger partial charge in [0.1, 0.15) is 11.8 Å². The maximum absolute atomic E-state index is 14.3. The summed E-state index contributed by atoms with van der Waals surface area (Å²) in [5.41, 5.74) is 7.85. The predicted molar refractivity (Wildman–Crippen MR) is 172 cm³/mol. The maximum atomic E-state index is 14.3. The molecule has 224 valence electrons. The van der Waals surface area contributed by atoms with Gasteiger partial charge in [-0.3, -0.25) is 9.36 Å².